The Morgan fingerprint density at radius 3 is 2.69 bits per heavy atom. The number of aromatic nitrogens is 2. The molecule has 88 valence electrons. The van der Waals surface area contributed by atoms with E-state index in [1.165, 1.54) is 0 Å². The van der Waals surface area contributed by atoms with Gasteiger partial charge in [-0.1, -0.05) is 6.92 Å². The lowest BCUT2D eigenvalue weighted by molar-refractivity contribution is -0.0652. The fourth-order valence-electron chi connectivity index (χ4n) is 1.99. The summed E-state index contributed by atoms with van der Waals surface area (Å²) >= 11 is 0. The van der Waals surface area contributed by atoms with E-state index in [1.807, 2.05) is 11.8 Å². The van der Waals surface area contributed by atoms with Gasteiger partial charge in [-0.3, -0.25) is 4.98 Å². The van der Waals surface area contributed by atoms with Crippen LogP contribution in [0.1, 0.15) is 19.0 Å². The number of rotatable bonds is 1. The third kappa shape index (κ3) is 1.99. The molecule has 1 aliphatic rings. The third-order valence-corrected chi connectivity index (χ3v) is 3.09. The van der Waals surface area contributed by atoms with Crippen LogP contribution < -0.4 is 4.90 Å². The fraction of sp³-hybridized carbons (Fsp3) is 0.636. The molecule has 1 atom stereocenters. The molecule has 2 heterocycles. The van der Waals surface area contributed by atoms with Gasteiger partial charge in [0, 0.05) is 37.8 Å². The quantitative estimate of drug-likeness (QED) is 0.737. The Morgan fingerprint density at radius 2 is 2.06 bits per heavy atom. The third-order valence-electron chi connectivity index (χ3n) is 3.09. The first-order valence-corrected chi connectivity index (χ1v) is 5.41. The molecule has 0 saturated carbocycles. The number of alkyl halides is 2. The summed E-state index contributed by atoms with van der Waals surface area (Å²) in [5.74, 6) is -2.46. The molecule has 0 bridgehead atoms. The average Bonchev–Trinajstić information content (AvgIpc) is 2.23. The Bertz CT molecular complexity index is 381. The molecule has 0 amide bonds. The van der Waals surface area contributed by atoms with Crippen molar-refractivity contribution in [3.05, 3.63) is 18.1 Å². The molecule has 1 aromatic heterocycles. The van der Waals surface area contributed by atoms with E-state index in [-0.39, 0.29) is 6.42 Å². The lowest BCUT2D eigenvalue weighted by atomic mass is 9.95. The van der Waals surface area contributed by atoms with Gasteiger partial charge in [-0.15, -0.1) is 0 Å². The van der Waals surface area contributed by atoms with Crippen LogP contribution in [0.3, 0.4) is 0 Å². The van der Waals surface area contributed by atoms with Gasteiger partial charge >= 0.3 is 0 Å². The first kappa shape index (κ1) is 11.2. The first-order valence-electron chi connectivity index (χ1n) is 5.41. The lowest BCUT2D eigenvalue weighted by Crippen LogP contribution is -2.46. The second kappa shape index (κ2) is 3.96. The van der Waals surface area contributed by atoms with E-state index in [1.54, 1.807) is 19.3 Å². The highest BCUT2D eigenvalue weighted by Gasteiger charge is 2.41. The molecule has 1 aromatic rings. The average molecular weight is 227 g/mol. The number of piperidine rings is 1. The molecular weight excluding hydrogens is 212 g/mol. The van der Waals surface area contributed by atoms with Gasteiger partial charge in [-0.2, -0.15) is 0 Å². The molecule has 5 heteroatoms. The maximum atomic E-state index is 13.3. The highest BCUT2D eigenvalue weighted by atomic mass is 19.3. The number of halogens is 2. The number of anilines is 1. The minimum atomic E-state index is -2.55. The molecule has 1 fully saturated rings. The molecule has 1 aliphatic heterocycles. The van der Waals surface area contributed by atoms with Crippen molar-refractivity contribution in [2.45, 2.75) is 26.2 Å². The maximum absolute atomic E-state index is 13.3. The van der Waals surface area contributed by atoms with Crippen LogP contribution >= 0.6 is 0 Å². The topological polar surface area (TPSA) is 29.0 Å². The monoisotopic (exact) mass is 227 g/mol. The van der Waals surface area contributed by atoms with Gasteiger partial charge in [-0.25, -0.2) is 13.8 Å². The fourth-order valence-corrected chi connectivity index (χ4v) is 1.99. The number of aryl methyl sites for hydroxylation is 1. The molecule has 0 spiro atoms. The van der Waals surface area contributed by atoms with Crippen molar-refractivity contribution in [2.75, 3.05) is 18.0 Å². The number of nitrogens with zero attached hydrogens (tertiary/aromatic N) is 3. The van der Waals surface area contributed by atoms with Crippen LogP contribution in [0.15, 0.2) is 12.4 Å². The SMILES string of the molecule is Cc1nccnc1N1CCC(F)(F)[C@@H](C)C1. The Kier molecular flexibility index (Phi) is 2.78. The van der Waals surface area contributed by atoms with E-state index in [0.29, 0.717) is 13.1 Å². The second-order valence-corrected chi connectivity index (χ2v) is 4.32. The second-order valence-electron chi connectivity index (χ2n) is 4.32. The summed E-state index contributed by atoms with van der Waals surface area (Å²) < 4.78 is 26.6. The van der Waals surface area contributed by atoms with Crippen molar-refractivity contribution in [3.63, 3.8) is 0 Å². The zero-order chi connectivity index (χ0) is 11.8. The summed E-state index contributed by atoms with van der Waals surface area (Å²) in [6, 6.07) is 0. The molecule has 16 heavy (non-hydrogen) atoms. The lowest BCUT2D eigenvalue weighted by Gasteiger charge is -2.37. The molecule has 0 aliphatic carbocycles. The summed E-state index contributed by atoms with van der Waals surface area (Å²) in [6.45, 7) is 4.11. The van der Waals surface area contributed by atoms with E-state index in [0.717, 1.165) is 11.5 Å². The molecule has 2 rings (SSSR count). The molecule has 0 N–H and O–H groups in total. The molecule has 3 nitrogen and oxygen atoms in total. The van der Waals surface area contributed by atoms with Crippen LogP contribution in [-0.4, -0.2) is 29.0 Å². The zero-order valence-electron chi connectivity index (χ0n) is 9.45. The number of hydrogen-bond donors (Lipinski definition) is 0. The Labute approximate surface area is 93.5 Å². The highest BCUT2D eigenvalue weighted by Crippen LogP contribution is 2.34. The van der Waals surface area contributed by atoms with E-state index in [9.17, 15) is 8.78 Å². The van der Waals surface area contributed by atoms with E-state index in [2.05, 4.69) is 9.97 Å². The van der Waals surface area contributed by atoms with Crippen molar-refractivity contribution < 1.29 is 8.78 Å². The molecule has 0 aromatic carbocycles. The zero-order valence-corrected chi connectivity index (χ0v) is 9.45. The Morgan fingerprint density at radius 1 is 1.38 bits per heavy atom. The minimum absolute atomic E-state index is 0.107. The van der Waals surface area contributed by atoms with Gasteiger partial charge in [-0.05, 0) is 6.92 Å². The smallest absolute Gasteiger partial charge is 0.254 e. The van der Waals surface area contributed by atoms with Crippen molar-refractivity contribution in [3.8, 4) is 0 Å². The Hall–Kier alpha value is -1.26. The van der Waals surface area contributed by atoms with Crippen LogP contribution in [0.5, 0.6) is 0 Å². The van der Waals surface area contributed by atoms with Crippen LogP contribution in [0.2, 0.25) is 0 Å². The van der Waals surface area contributed by atoms with E-state index in [4.69, 9.17) is 0 Å². The minimum Gasteiger partial charge on any atom is -0.354 e. The van der Waals surface area contributed by atoms with Gasteiger partial charge in [0.15, 0.2) is 0 Å². The van der Waals surface area contributed by atoms with Crippen LogP contribution in [0, 0.1) is 12.8 Å². The first-order chi connectivity index (χ1) is 7.50. The maximum Gasteiger partial charge on any atom is 0.254 e. The summed E-state index contributed by atoms with van der Waals surface area (Å²) in [5.41, 5.74) is 0.792. The number of hydrogen-bond acceptors (Lipinski definition) is 3. The van der Waals surface area contributed by atoms with Gasteiger partial charge in [0.25, 0.3) is 5.92 Å². The van der Waals surface area contributed by atoms with Crippen LogP contribution in [-0.2, 0) is 0 Å². The van der Waals surface area contributed by atoms with Gasteiger partial charge in [0.1, 0.15) is 5.82 Å². The largest absolute Gasteiger partial charge is 0.354 e. The summed E-state index contributed by atoms with van der Waals surface area (Å²) in [4.78, 5) is 10.2. The highest BCUT2D eigenvalue weighted by molar-refractivity contribution is 5.42. The van der Waals surface area contributed by atoms with Crippen LogP contribution in [0.4, 0.5) is 14.6 Å². The van der Waals surface area contributed by atoms with Crippen LogP contribution in [0.25, 0.3) is 0 Å². The molecule has 1 saturated heterocycles. The van der Waals surface area contributed by atoms with Crippen molar-refractivity contribution >= 4 is 5.82 Å². The predicted molar refractivity (Wildman–Crippen MR) is 57.7 cm³/mol. The summed E-state index contributed by atoms with van der Waals surface area (Å²) in [7, 11) is 0. The predicted octanol–water partition coefficient (Wildman–Crippen LogP) is 2.27. The van der Waals surface area contributed by atoms with E-state index < -0.39 is 11.8 Å². The van der Waals surface area contributed by atoms with Crippen molar-refractivity contribution in [2.24, 2.45) is 5.92 Å². The van der Waals surface area contributed by atoms with Crippen molar-refractivity contribution in [1.82, 2.24) is 9.97 Å². The molecule has 0 unspecified atom stereocenters. The van der Waals surface area contributed by atoms with E-state index >= 15 is 0 Å². The summed E-state index contributed by atoms with van der Waals surface area (Å²) in [5, 5.41) is 0. The van der Waals surface area contributed by atoms with Gasteiger partial charge < -0.3 is 4.90 Å². The van der Waals surface area contributed by atoms with Crippen molar-refractivity contribution in [1.29, 1.82) is 0 Å². The normalized spacial score (nSPS) is 24.5. The molecular formula is C11H15F2N3. The summed E-state index contributed by atoms with van der Waals surface area (Å²) in [6.07, 6.45) is 3.10. The standard InChI is InChI=1S/C11H15F2N3/c1-8-7-16(6-3-11(8,12)13)10-9(2)14-4-5-15-10/h4-5,8H,3,6-7H2,1-2H3/t8-/m0/s1. The van der Waals surface area contributed by atoms with Gasteiger partial charge in [0.05, 0.1) is 5.69 Å². The van der Waals surface area contributed by atoms with Gasteiger partial charge in [0.2, 0.25) is 0 Å². The Balaban J connectivity index is 2.17. The molecule has 0 radical (unpaired) electrons.